The van der Waals surface area contributed by atoms with Crippen molar-refractivity contribution in [2.75, 3.05) is 19.8 Å². The van der Waals surface area contributed by atoms with Gasteiger partial charge in [0.2, 0.25) is 10.0 Å². The maximum atomic E-state index is 12.5. The Kier molecular flexibility index (Phi) is 5.36. The minimum absolute atomic E-state index is 0.0943. The summed E-state index contributed by atoms with van der Waals surface area (Å²) in [5.41, 5.74) is 0.265. The van der Waals surface area contributed by atoms with E-state index in [1.807, 2.05) is 0 Å². The van der Waals surface area contributed by atoms with Crippen LogP contribution in [0.4, 0.5) is 0 Å². The minimum atomic E-state index is -3.71. The van der Waals surface area contributed by atoms with Crippen LogP contribution in [0.2, 0.25) is 0 Å². The molecule has 0 saturated carbocycles. The van der Waals surface area contributed by atoms with Crippen LogP contribution in [0.3, 0.4) is 0 Å². The summed E-state index contributed by atoms with van der Waals surface area (Å²) in [7, 11) is -3.71. The molecule has 152 valence electrons. The van der Waals surface area contributed by atoms with Gasteiger partial charge in [0, 0.05) is 25.2 Å². The molecule has 0 unspecified atom stereocenters. The number of nitrogens with zero attached hydrogens (tertiary/aromatic N) is 2. The average molecular weight is 417 g/mol. The summed E-state index contributed by atoms with van der Waals surface area (Å²) >= 11 is 0. The van der Waals surface area contributed by atoms with E-state index in [4.69, 9.17) is 13.9 Å². The smallest absolute Gasteiger partial charge is 0.266 e. The molecule has 1 aromatic carbocycles. The second-order valence-electron chi connectivity index (χ2n) is 6.31. The number of hydrogen-bond acceptors (Lipinski definition) is 7. The Morgan fingerprint density at radius 3 is 2.69 bits per heavy atom. The molecule has 0 radical (unpaired) electrons. The number of sulfonamides is 1. The lowest BCUT2D eigenvalue weighted by atomic mass is 10.3. The zero-order valence-electron chi connectivity index (χ0n) is 15.4. The van der Waals surface area contributed by atoms with E-state index in [2.05, 4.69) is 9.82 Å². The van der Waals surface area contributed by atoms with Crippen molar-refractivity contribution >= 4 is 10.0 Å². The third kappa shape index (κ3) is 4.33. The number of hydrogen-bond donors (Lipinski definition) is 1. The molecule has 0 aliphatic carbocycles. The van der Waals surface area contributed by atoms with Gasteiger partial charge in [-0.05, 0) is 36.8 Å². The number of furan rings is 1. The second kappa shape index (κ2) is 8.10. The van der Waals surface area contributed by atoms with Crippen molar-refractivity contribution in [2.24, 2.45) is 0 Å². The number of fused-ring (bicyclic) bond motifs is 1. The maximum absolute atomic E-state index is 12.5. The van der Waals surface area contributed by atoms with Gasteiger partial charge in [0.05, 0.1) is 11.2 Å². The fourth-order valence-electron chi connectivity index (χ4n) is 2.87. The van der Waals surface area contributed by atoms with Crippen molar-refractivity contribution in [2.45, 2.75) is 17.9 Å². The molecule has 0 bridgehead atoms. The van der Waals surface area contributed by atoms with E-state index in [-0.39, 0.29) is 23.5 Å². The summed E-state index contributed by atoms with van der Waals surface area (Å²) in [5, 5.41) is 4.26. The Balaban J connectivity index is 1.38. The van der Waals surface area contributed by atoms with Crippen LogP contribution in [0.15, 0.2) is 62.8 Å². The molecule has 1 aliphatic heterocycles. The van der Waals surface area contributed by atoms with Crippen LogP contribution in [-0.2, 0) is 16.6 Å². The fourth-order valence-corrected chi connectivity index (χ4v) is 3.96. The van der Waals surface area contributed by atoms with Crippen LogP contribution in [0, 0.1) is 0 Å². The van der Waals surface area contributed by atoms with Crippen molar-refractivity contribution in [1.82, 2.24) is 14.5 Å². The van der Waals surface area contributed by atoms with Crippen LogP contribution in [0.25, 0.3) is 11.5 Å². The Morgan fingerprint density at radius 1 is 1.07 bits per heavy atom. The molecular weight excluding hydrogens is 398 g/mol. The highest BCUT2D eigenvalue weighted by Gasteiger charge is 2.19. The van der Waals surface area contributed by atoms with Crippen molar-refractivity contribution in [1.29, 1.82) is 0 Å². The lowest BCUT2D eigenvalue weighted by molar-refractivity contribution is 0.171. The van der Waals surface area contributed by atoms with E-state index in [9.17, 15) is 13.2 Å². The van der Waals surface area contributed by atoms with E-state index < -0.39 is 10.0 Å². The standard InChI is InChI=1S/C19H19N3O6S/c23-19-7-5-15(16-3-1-10-26-16)21-22(19)9-2-8-20-29(24,25)14-4-6-17-18(13-14)28-12-11-27-17/h1,3-7,10,13,20H,2,8-9,11-12H2. The van der Waals surface area contributed by atoms with E-state index in [1.165, 1.54) is 29.1 Å². The van der Waals surface area contributed by atoms with Crippen molar-refractivity contribution < 1.29 is 22.3 Å². The summed E-state index contributed by atoms with van der Waals surface area (Å²) in [6.07, 6.45) is 1.91. The third-order valence-corrected chi connectivity index (χ3v) is 5.76. The molecule has 0 atom stereocenters. The molecule has 3 aromatic rings. The van der Waals surface area contributed by atoms with E-state index in [0.717, 1.165) is 0 Å². The van der Waals surface area contributed by atoms with Crippen molar-refractivity contribution in [3.05, 3.63) is 59.1 Å². The van der Waals surface area contributed by atoms with Crippen molar-refractivity contribution in [3.63, 3.8) is 0 Å². The zero-order chi connectivity index (χ0) is 20.3. The molecule has 29 heavy (non-hydrogen) atoms. The summed E-state index contributed by atoms with van der Waals surface area (Å²) in [6.45, 7) is 1.22. The Labute approximate surface area is 166 Å². The van der Waals surface area contributed by atoms with Gasteiger partial charge >= 0.3 is 0 Å². The lowest BCUT2D eigenvalue weighted by Crippen LogP contribution is -2.28. The highest BCUT2D eigenvalue weighted by molar-refractivity contribution is 7.89. The van der Waals surface area contributed by atoms with Gasteiger partial charge in [-0.15, -0.1) is 0 Å². The quantitative estimate of drug-likeness (QED) is 0.582. The van der Waals surface area contributed by atoms with Crippen LogP contribution >= 0.6 is 0 Å². The number of benzene rings is 1. The van der Waals surface area contributed by atoms with Crippen molar-refractivity contribution in [3.8, 4) is 23.0 Å². The first-order valence-electron chi connectivity index (χ1n) is 9.04. The molecule has 2 aromatic heterocycles. The zero-order valence-corrected chi connectivity index (χ0v) is 16.2. The first-order valence-corrected chi connectivity index (χ1v) is 10.5. The monoisotopic (exact) mass is 417 g/mol. The number of ether oxygens (including phenoxy) is 2. The lowest BCUT2D eigenvalue weighted by Gasteiger charge is -2.18. The molecule has 1 aliphatic rings. The van der Waals surface area contributed by atoms with Crippen LogP contribution < -0.4 is 19.8 Å². The first kappa shape index (κ1) is 19.2. The van der Waals surface area contributed by atoms with Gasteiger partial charge in [0.25, 0.3) is 5.56 Å². The normalized spacial score (nSPS) is 13.4. The van der Waals surface area contributed by atoms with E-state index >= 15 is 0 Å². The molecular formula is C19H19N3O6S. The number of aryl methyl sites for hydroxylation is 1. The highest BCUT2D eigenvalue weighted by Crippen LogP contribution is 2.32. The summed E-state index contributed by atoms with van der Waals surface area (Å²) in [5.74, 6) is 1.49. The third-order valence-electron chi connectivity index (χ3n) is 4.30. The Morgan fingerprint density at radius 2 is 1.90 bits per heavy atom. The number of aromatic nitrogens is 2. The molecule has 4 rings (SSSR count). The van der Waals surface area contributed by atoms with Gasteiger partial charge in [-0.3, -0.25) is 4.79 Å². The summed E-state index contributed by atoms with van der Waals surface area (Å²) in [6, 6.07) is 11.0. The highest BCUT2D eigenvalue weighted by atomic mass is 32.2. The predicted molar refractivity (Wildman–Crippen MR) is 103 cm³/mol. The first-order chi connectivity index (χ1) is 14.0. The molecule has 0 saturated heterocycles. The van der Waals surface area contributed by atoms with Crippen LogP contribution in [0.5, 0.6) is 11.5 Å². The summed E-state index contributed by atoms with van der Waals surface area (Å²) in [4.78, 5) is 12.1. The van der Waals surface area contributed by atoms with Gasteiger partial charge in [-0.1, -0.05) is 0 Å². The average Bonchev–Trinajstić information content (AvgIpc) is 3.27. The predicted octanol–water partition coefficient (Wildman–Crippen LogP) is 1.64. The molecule has 0 fully saturated rings. The molecule has 0 spiro atoms. The van der Waals surface area contributed by atoms with Gasteiger partial charge in [-0.25, -0.2) is 17.8 Å². The van der Waals surface area contributed by atoms with Gasteiger partial charge in [0.15, 0.2) is 17.3 Å². The fraction of sp³-hybridized carbons (Fsp3) is 0.263. The minimum Gasteiger partial charge on any atom is -0.486 e. The van der Waals surface area contributed by atoms with Crippen LogP contribution in [-0.4, -0.2) is 38.0 Å². The van der Waals surface area contributed by atoms with E-state index in [1.54, 1.807) is 24.3 Å². The molecule has 9 nitrogen and oxygen atoms in total. The Bertz CT molecular complexity index is 1150. The molecule has 10 heteroatoms. The molecule has 0 amide bonds. The van der Waals surface area contributed by atoms with Gasteiger partial charge in [-0.2, -0.15) is 5.10 Å². The molecule has 3 heterocycles. The number of rotatable bonds is 7. The maximum Gasteiger partial charge on any atom is 0.266 e. The van der Waals surface area contributed by atoms with Crippen LogP contribution in [0.1, 0.15) is 6.42 Å². The Hall–Kier alpha value is -3.11. The SMILES string of the molecule is O=c1ccc(-c2ccco2)nn1CCCNS(=O)(=O)c1ccc2c(c1)OCCO2. The number of nitrogens with one attached hydrogen (secondary N) is 1. The summed E-state index contributed by atoms with van der Waals surface area (Å²) < 4.78 is 44.9. The second-order valence-corrected chi connectivity index (χ2v) is 8.08. The largest absolute Gasteiger partial charge is 0.486 e. The van der Waals surface area contributed by atoms with E-state index in [0.29, 0.717) is 42.6 Å². The van der Waals surface area contributed by atoms with Gasteiger partial charge < -0.3 is 13.9 Å². The molecule has 1 N–H and O–H groups in total. The topological polar surface area (TPSA) is 113 Å². The van der Waals surface area contributed by atoms with Gasteiger partial charge in [0.1, 0.15) is 18.9 Å².